The summed E-state index contributed by atoms with van der Waals surface area (Å²) < 4.78 is 0. The Morgan fingerprint density at radius 3 is 2.91 bits per heavy atom. The molecular weight excluding hydrogens is 314 g/mol. The van der Waals surface area contributed by atoms with Crippen LogP contribution in [0.3, 0.4) is 0 Å². The molecule has 112 valence electrons. The quantitative estimate of drug-likeness (QED) is 0.779. The fourth-order valence-corrected chi connectivity index (χ4v) is 3.71. The molecule has 3 rings (SSSR count). The Kier molecular flexibility index (Phi) is 4.60. The number of nitrogens with zero attached hydrogens (tertiary/aromatic N) is 2. The molecule has 0 saturated heterocycles. The monoisotopic (exact) mass is 329 g/mol. The maximum absolute atomic E-state index is 12.3. The van der Waals surface area contributed by atoms with Crippen molar-refractivity contribution in [1.82, 2.24) is 15.3 Å². The molecule has 0 atom stereocenters. The molecule has 3 heterocycles. The van der Waals surface area contributed by atoms with E-state index in [1.165, 1.54) is 16.2 Å². The van der Waals surface area contributed by atoms with Gasteiger partial charge in [-0.1, -0.05) is 12.1 Å². The van der Waals surface area contributed by atoms with Gasteiger partial charge in [-0.05, 0) is 36.9 Å². The second-order valence-electron chi connectivity index (χ2n) is 4.73. The Morgan fingerprint density at radius 1 is 1.27 bits per heavy atom. The number of rotatable bonds is 5. The fraction of sp³-hybridized carbons (Fsp3) is 0.188. The van der Waals surface area contributed by atoms with Crippen molar-refractivity contribution >= 4 is 28.6 Å². The van der Waals surface area contributed by atoms with E-state index in [-0.39, 0.29) is 5.91 Å². The van der Waals surface area contributed by atoms with Gasteiger partial charge in [0.05, 0.1) is 11.4 Å². The third-order valence-electron chi connectivity index (χ3n) is 3.12. The van der Waals surface area contributed by atoms with E-state index in [0.29, 0.717) is 11.4 Å². The SMILES string of the molecule is Cc1nc(-c2ccccn2)sc1C(=O)NCCc1cccs1. The minimum absolute atomic E-state index is 0.0614. The predicted octanol–water partition coefficient (Wildman–Crippen LogP) is 3.55. The number of nitrogens with one attached hydrogen (secondary N) is 1. The number of aromatic nitrogens is 2. The summed E-state index contributed by atoms with van der Waals surface area (Å²) in [6, 6.07) is 9.78. The lowest BCUT2D eigenvalue weighted by Crippen LogP contribution is -2.25. The Labute approximate surface area is 136 Å². The molecule has 0 bridgehead atoms. The number of hydrogen-bond acceptors (Lipinski definition) is 5. The zero-order valence-electron chi connectivity index (χ0n) is 12.1. The van der Waals surface area contributed by atoms with Crippen LogP contribution < -0.4 is 5.32 Å². The molecule has 0 aromatic carbocycles. The highest BCUT2D eigenvalue weighted by Gasteiger charge is 2.16. The van der Waals surface area contributed by atoms with Crippen LogP contribution in [-0.4, -0.2) is 22.4 Å². The topological polar surface area (TPSA) is 54.9 Å². The maximum Gasteiger partial charge on any atom is 0.263 e. The lowest BCUT2D eigenvalue weighted by Gasteiger charge is -2.02. The van der Waals surface area contributed by atoms with Crippen molar-refractivity contribution < 1.29 is 4.79 Å². The molecule has 0 saturated carbocycles. The van der Waals surface area contributed by atoms with E-state index in [2.05, 4.69) is 21.4 Å². The molecule has 3 aromatic rings. The summed E-state index contributed by atoms with van der Waals surface area (Å²) >= 11 is 3.09. The number of carbonyl (C=O) groups is 1. The Hall–Kier alpha value is -2.05. The Balaban J connectivity index is 1.66. The predicted molar refractivity (Wildman–Crippen MR) is 90.4 cm³/mol. The van der Waals surface area contributed by atoms with Gasteiger partial charge in [-0.25, -0.2) is 4.98 Å². The molecule has 0 aliphatic rings. The van der Waals surface area contributed by atoms with Crippen molar-refractivity contribution in [2.45, 2.75) is 13.3 Å². The molecule has 0 fully saturated rings. The van der Waals surface area contributed by atoms with Gasteiger partial charge in [0, 0.05) is 17.6 Å². The highest BCUT2D eigenvalue weighted by Crippen LogP contribution is 2.26. The van der Waals surface area contributed by atoms with Crippen molar-refractivity contribution in [2.24, 2.45) is 0 Å². The van der Waals surface area contributed by atoms with Gasteiger partial charge in [0.15, 0.2) is 0 Å². The summed E-state index contributed by atoms with van der Waals surface area (Å²) in [5, 5.41) is 5.79. The van der Waals surface area contributed by atoms with Crippen LogP contribution in [0.1, 0.15) is 20.2 Å². The van der Waals surface area contributed by atoms with Crippen LogP contribution in [0.15, 0.2) is 41.9 Å². The minimum atomic E-state index is -0.0614. The first kappa shape index (κ1) is 14.9. The highest BCUT2D eigenvalue weighted by atomic mass is 32.1. The number of carbonyl (C=O) groups excluding carboxylic acids is 1. The molecule has 0 radical (unpaired) electrons. The van der Waals surface area contributed by atoms with Crippen LogP contribution >= 0.6 is 22.7 Å². The lowest BCUT2D eigenvalue weighted by atomic mass is 10.3. The van der Waals surface area contributed by atoms with Gasteiger partial charge in [-0.2, -0.15) is 0 Å². The Bertz CT molecular complexity index is 751. The van der Waals surface area contributed by atoms with Crippen LogP contribution in [0.5, 0.6) is 0 Å². The molecule has 0 aliphatic carbocycles. The molecule has 4 nitrogen and oxygen atoms in total. The van der Waals surface area contributed by atoms with Crippen LogP contribution in [-0.2, 0) is 6.42 Å². The molecule has 1 amide bonds. The standard InChI is InChI=1S/C16H15N3OS2/c1-11-14(15(20)18-9-7-12-5-4-10-21-12)22-16(19-11)13-6-2-3-8-17-13/h2-6,8,10H,7,9H2,1H3,(H,18,20). The van der Waals surface area contributed by atoms with E-state index in [1.807, 2.05) is 36.6 Å². The van der Waals surface area contributed by atoms with E-state index in [1.54, 1.807) is 17.5 Å². The van der Waals surface area contributed by atoms with Gasteiger partial charge in [0.25, 0.3) is 5.91 Å². The van der Waals surface area contributed by atoms with Gasteiger partial charge >= 0.3 is 0 Å². The smallest absolute Gasteiger partial charge is 0.263 e. The average molecular weight is 329 g/mol. The second-order valence-corrected chi connectivity index (χ2v) is 6.77. The van der Waals surface area contributed by atoms with E-state index in [0.717, 1.165) is 22.8 Å². The van der Waals surface area contributed by atoms with Crippen LogP contribution in [0.4, 0.5) is 0 Å². The maximum atomic E-state index is 12.3. The van der Waals surface area contributed by atoms with Crippen LogP contribution in [0.25, 0.3) is 10.7 Å². The molecule has 22 heavy (non-hydrogen) atoms. The van der Waals surface area contributed by atoms with E-state index >= 15 is 0 Å². The van der Waals surface area contributed by atoms with Crippen LogP contribution in [0.2, 0.25) is 0 Å². The molecule has 3 aromatic heterocycles. The highest BCUT2D eigenvalue weighted by molar-refractivity contribution is 7.17. The third-order valence-corrected chi connectivity index (χ3v) is 5.24. The summed E-state index contributed by atoms with van der Waals surface area (Å²) in [6.45, 7) is 2.49. The lowest BCUT2D eigenvalue weighted by molar-refractivity contribution is 0.0957. The zero-order chi connectivity index (χ0) is 15.4. The van der Waals surface area contributed by atoms with E-state index < -0.39 is 0 Å². The van der Waals surface area contributed by atoms with Gasteiger partial charge < -0.3 is 5.32 Å². The van der Waals surface area contributed by atoms with Crippen molar-refractivity contribution in [3.05, 3.63) is 57.4 Å². The molecular formula is C16H15N3OS2. The summed E-state index contributed by atoms with van der Waals surface area (Å²) in [5.74, 6) is -0.0614. The number of thiazole rings is 1. The molecule has 1 N–H and O–H groups in total. The molecule has 6 heteroatoms. The largest absolute Gasteiger partial charge is 0.351 e. The fourth-order valence-electron chi connectivity index (χ4n) is 2.04. The van der Waals surface area contributed by atoms with Crippen molar-refractivity contribution in [1.29, 1.82) is 0 Å². The summed E-state index contributed by atoms with van der Waals surface area (Å²) in [6.07, 6.45) is 2.58. The second kappa shape index (κ2) is 6.81. The number of amides is 1. The first-order valence-corrected chi connectivity index (χ1v) is 8.63. The first-order chi connectivity index (χ1) is 10.7. The van der Waals surface area contributed by atoms with E-state index in [4.69, 9.17) is 0 Å². The third kappa shape index (κ3) is 3.40. The zero-order valence-corrected chi connectivity index (χ0v) is 13.7. The normalized spacial score (nSPS) is 10.6. The summed E-state index contributed by atoms with van der Waals surface area (Å²) in [4.78, 5) is 22.9. The van der Waals surface area contributed by atoms with E-state index in [9.17, 15) is 4.79 Å². The Morgan fingerprint density at radius 2 is 2.18 bits per heavy atom. The molecule has 0 spiro atoms. The number of aryl methyl sites for hydroxylation is 1. The van der Waals surface area contributed by atoms with Crippen molar-refractivity contribution in [3.63, 3.8) is 0 Å². The summed E-state index contributed by atoms with van der Waals surface area (Å²) in [7, 11) is 0. The van der Waals surface area contributed by atoms with Gasteiger partial charge in [-0.3, -0.25) is 9.78 Å². The molecule has 0 unspecified atom stereocenters. The van der Waals surface area contributed by atoms with Gasteiger partial charge in [0.2, 0.25) is 0 Å². The van der Waals surface area contributed by atoms with Gasteiger partial charge in [-0.15, -0.1) is 22.7 Å². The van der Waals surface area contributed by atoms with Crippen LogP contribution in [0, 0.1) is 6.92 Å². The van der Waals surface area contributed by atoms with Gasteiger partial charge in [0.1, 0.15) is 9.88 Å². The number of thiophene rings is 1. The minimum Gasteiger partial charge on any atom is -0.351 e. The molecule has 0 aliphatic heterocycles. The number of pyridine rings is 1. The first-order valence-electron chi connectivity index (χ1n) is 6.93. The summed E-state index contributed by atoms with van der Waals surface area (Å²) in [5.41, 5.74) is 1.55. The van der Waals surface area contributed by atoms with Crippen molar-refractivity contribution in [3.8, 4) is 10.7 Å². The van der Waals surface area contributed by atoms with Crippen molar-refractivity contribution in [2.75, 3.05) is 6.54 Å². The average Bonchev–Trinajstić information content (AvgIpc) is 3.17. The number of hydrogen-bond donors (Lipinski definition) is 1.